The summed E-state index contributed by atoms with van der Waals surface area (Å²) in [5.74, 6) is -0.428. The van der Waals surface area contributed by atoms with Gasteiger partial charge >= 0.3 is 5.97 Å². The number of nitrogens with one attached hydrogen (secondary N) is 1. The Bertz CT molecular complexity index is 293. The molecule has 0 saturated heterocycles. The predicted octanol–water partition coefficient (Wildman–Crippen LogP) is 1.55. The van der Waals surface area contributed by atoms with Gasteiger partial charge in [0.2, 0.25) is 5.91 Å². The van der Waals surface area contributed by atoms with E-state index in [1.54, 1.807) is 0 Å². The molecule has 2 rings (SSSR count). The quantitative estimate of drug-likeness (QED) is 0.746. The van der Waals surface area contributed by atoms with Gasteiger partial charge in [-0.1, -0.05) is 12.8 Å². The molecule has 0 unspecified atom stereocenters. The first-order valence-corrected chi connectivity index (χ1v) is 6.11. The third-order valence-electron chi connectivity index (χ3n) is 4.05. The highest BCUT2D eigenvalue weighted by Crippen LogP contribution is 2.43. The first-order valence-electron chi connectivity index (χ1n) is 6.11. The molecule has 2 N–H and O–H groups in total. The van der Waals surface area contributed by atoms with Crippen molar-refractivity contribution in [3.8, 4) is 0 Å². The van der Waals surface area contributed by atoms with Crippen LogP contribution in [0.5, 0.6) is 0 Å². The van der Waals surface area contributed by atoms with E-state index in [0.29, 0.717) is 6.54 Å². The highest BCUT2D eigenvalue weighted by Gasteiger charge is 2.39. The number of hydrogen-bond donors (Lipinski definition) is 2. The van der Waals surface area contributed by atoms with Crippen molar-refractivity contribution in [2.75, 3.05) is 6.54 Å². The standard InChI is InChI=1S/C12H19NO3/c14-10(15)7-12(5-2-6-12)8-13-11(16)9-3-1-4-9/h9H,1-8H2,(H,13,16)(H,14,15). The third-order valence-corrected chi connectivity index (χ3v) is 4.05. The van der Waals surface area contributed by atoms with Crippen LogP contribution in [0.3, 0.4) is 0 Å². The maximum Gasteiger partial charge on any atom is 0.303 e. The summed E-state index contributed by atoms with van der Waals surface area (Å²) in [6.45, 7) is 0.550. The topological polar surface area (TPSA) is 66.4 Å². The summed E-state index contributed by atoms with van der Waals surface area (Å²) < 4.78 is 0. The van der Waals surface area contributed by atoms with Gasteiger partial charge in [0.25, 0.3) is 0 Å². The van der Waals surface area contributed by atoms with Gasteiger partial charge in [-0.05, 0) is 31.1 Å². The average molecular weight is 225 g/mol. The third kappa shape index (κ3) is 2.36. The summed E-state index contributed by atoms with van der Waals surface area (Å²) in [5.41, 5.74) is -0.148. The van der Waals surface area contributed by atoms with E-state index < -0.39 is 5.97 Å². The lowest BCUT2D eigenvalue weighted by Gasteiger charge is -2.41. The molecule has 2 saturated carbocycles. The number of carboxylic acids is 1. The zero-order valence-corrected chi connectivity index (χ0v) is 9.50. The van der Waals surface area contributed by atoms with Crippen molar-refractivity contribution in [3.63, 3.8) is 0 Å². The Morgan fingerprint density at radius 3 is 2.31 bits per heavy atom. The van der Waals surface area contributed by atoms with E-state index in [1.165, 1.54) is 0 Å². The van der Waals surface area contributed by atoms with Gasteiger partial charge in [-0.3, -0.25) is 9.59 Å². The van der Waals surface area contributed by atoms with Crippen LogP contribution < -0.4 is 5.32 Å². The van der Waals surface area contributed by atoms with E-state index in [2.05, 4.69) is 5.32 Å². The molecule has 90 valence electrons. The predicted molar refractivity (Wildman–Crippen MR) is 58.9 cm³/mol. The molecule has 0 heterocycles. The number of hydrogen-bond acceptors (Lipinski definition) is 2. The largest absolute Gasteiger partial charge is 0.481 e. The molecule has 0 aliphatic heterocycles. The second-order valence-electron chi connectivity index (χ2n) is 5.27. The first kappa shape index (κ1) is 11.4. The SMILES string of the molecule is O=C(O)CC1(CNC(=O)C2CCC2)CCC1. The van der Waals surface area contributed by atoms with Gasteiger partial charge in [-0.25, -0.2) is 0 Å². The Hall–Kier alpha value is -1.06. The number of carboxylic acid groups (broad SMARTS) is 1. The minimum absolute atomic E-state index is 0.128. The van der Waals surface area contributed by atoms with E-state index in [0.717, 1.165) is 38.5 Å². The van der Waals surface area contributed by atoms with E-state index >= 15 is 0 Å². The highest BCUT2D eigenvalue weighted by molar-refractivity contribution is 5.79. The molecule has 4 nitrogen and oxygen atoms in total. The van der Waals surface area contributed by atoms with Gasteiger partial charge in [0.1, 0.15) is 0 Å². The van der Waals surface area contributed by atoms with Gasteiger partial charge in [0.05, 0.1) is 6.42 Å². The smallest absolute Gasteiger partial charge is 0.303 e. The van der Waals surface area contributed by atoms with Crippen molar-refractivity contribution in [1.82, 2.24) is 5.32 Å². The van der Waals surface area contributed by atoms with E-state index in [4.69, 9.17) is 5.11 Å². The Balaban J connectivity index is 1.78. The maximum absolute atomic E-state index is 11.6. The summed E-state index contributed by atoms with van der Waals surface area (Å²) in [6.07, 6.45) is 6.30. The molecule has 0 aromatic heterocycles. The maximum atomic E-state index is 11.6. The monoisotopic (exact) mass is 225 g/mol. The number of carbonyl (C=O) groups excluding carboxylic acids is 1. The molecule has 0 aromatic rings. The molecule has 1 amide bonds. The van der Waals surface area contributed by atoms with Crippen LogP contribution in [-0.4, -0.2) is 23.5 Å². The van der Waals surface area contributed by atoms with Crippen molar-refractivity contribution in [3.05, 3.63) is 0 Å². The summed E-state index contributed by atoms with van der Waals surface area (Å²) >= 11 is 0. The van der Waals surface area contributed by atoms with Crippen LogP contribution in [0.15, 0.2) is 0 Å². The van der Waals surface area contributed by atoms with Gasteiger partial charge in [0.15, 0.2) is 0 Å². The van der Waals surface area contributed by atoms with Crippen LogP contribution in [0.2, 0.25) is 0 Å². The van der Waals surface area contributed by atoms with E-state index in [1.807, 2.05) is 0 Å². The fraction of sp³-hybridized carbons (Fsp3) is 0.833. The zero-order valence-electron chi connectivity index (χ0n) is 9.50. The number of carbonyl (C=O) groups is 2. The normalized spacial score (nSPS) is 23.0. The summed E-state index contributed by atoms with van der Waals surface area (Å²) in [4.78, 5) is 22.4. The summed E-state index contributed by atoms with van der Waals surface area (Å²) in [6, 6.07) is 0. The minimum atomic E-state index is -0.752. The second-order valence-corrected chi connectivity index (χ2v) is 5.27. The van der Waals surface area contributed by atoms with Gasteiger partial charge in [0, 0.05) is 12.5 Å². The molecule has 16 heavy (non-hydrogen) atoms. The van der Waals surface area contributed by atoms with Crippen molar-refractivity contribution >= 4 is 11.9 Å². The van der Waals surface area contributed by atoms with E-state index in [-0.39, 0.29) is 23.7 Å². The van der Waals surface area contributed by atoms with Crippen LogP contribution in [0.25, 0.3) is 0 Å². The Morgan fingerprint density at radius 1 is 1.25 bits per heavy atom. The van der Waals surface area contributed by atoms with Gasteiger partial charge in [-0.2, -0.15) is 0 Å². The van der Waals surface area contributed by atoms with Crippen molar-refractivity contribution in [1.29, 1.82) is 0 Å². The number of aliphatic carboxylic acids is 1. The molecule has 0 bridgehead atoms. The van der Waals surface area contributed by atoms with Gasteiger partial charge in [-0.15, -0.1) is 0 Å². The Labute approximate surface area is 95.4 Å². The number of amides is 1. The van der Waals surface area contributed by atoms with Crippen LogP contribution in [-0.2, 0) is 9.59 Å². The molecule has 0 aromatic carbocycles. The molecule has 2 aliphatic carbocycles. The van der Waals surface area contributed by atoms with Crippen LogP contribution in [0.4, 0.5) is 0 Å². The molecule has 0 atom stereocenters. The molecular weight excluding hydrogens is 206 g/mol. The second kappa shape index (κ2) is 4.44. The molecular formula is C12H19NO3. The van der Waals surface area contributed by atoms with Crippen molar-refractivity contribution in [2.24, 2.45) is 11.3 Å². The van der Waals surface area contributed by atoms with Crippen LogP contribution >= 0.6 is 0 Å². The minimum Gasteiger partial charge on any atom is -0.481 e. The summed E-state index contributed by atoms with van der Waals surface area (Å²) in [7, 11) is 0. The molecule has 4 heteroatoms. The van der Waals surface area contributed by atoms with Crippen LogP contribution in [0, 0.1) is 11.3 Å². The van der Waals surface area contributed by atoms with Crippen molar-refractivity contribution in [2.45, 2.75) is 44.9 Å². The fourth-order valence-corrected chi connectivity index (χ4v) is 2.50. The molecule has 2 aliphatic rings. The van der Waals surface area contributed by atoms with Crippen molar-refractivity contribution < 1.29 is 14.7 Å². The number of rotatable bonds is 5. The Morgan fingerprint density at radius 2 is 1.94 bits per heavy atom. The Kier molecular flexibility index (Phi) is 3.17. The lowest BCUT2D eigenvalue weighted by Crippen LogP contribution is -2.46. The molecule has 0 radical (unpaired) electrons. The van der Waals surface area contributed by atoms with Crippen LogP contribution in [0.1, 0.15) is 44.9 Å². The van der Waals surface area contributed by atoms with E-state index in [9.17, 15) is 9.59 Å². The first-order chi connectivity index (χ1) is 7.61. The fourth-order valence-electron chi connectivity index (χ4n) is 2.50. The molecule has 2 fully saturated rings. The highest BCUT2D eigenvalue weighted by atomic mass is 16.4. The summed E-state index contributed by atoms with van der Waals surface area (Å²) in [5, 5.41) is 11.8. The lowest BCUT2D eigenvalue weighted by molar-refractivity contribution is -0.142. The average Bonchev–Trinajstić information content (AvgIpc) is 2.05. The lowest BCUT2D eigenvalue weighted by atomic mass is 9.66. The molecule has 0 spiro atoms. The zero-order chi connectivity index (χ0) is 11.6. The van der Waals surface area contributed by atoms with Gasteiger partial charge < -0.3 is 10.4 Å².